The van der Waals surface area contributed by atoms with Gasteiger partial charge in [-0.15, -0.1) is 0 Å². The van der Waals surface area contributed by atoms with Crippen LogP contribution in [0.5, 0.6) is 0 Å². The molecule has 1 aromatic rings. The first-order valence-electron chi connectivity index (χ1n) is 10.5. The smallest absolute Gasteiger partial charge is 0.338 e. The molecule has 0 spiro atoms. The lowest BCUT2D eigenvalue weighted by molar-refractivity contribution is -0.153. The molecular weight excluding hydrogens is 390 g/mol. The van der Waals surface area contributed by atoms with Crippen molar-refractivity contribution in [3.05, 3.63) is 35.9 Å². The number of hydrogen-bond donors (Lipinski definition) is 4. The summed E-state index contributed by atoms with van der Waals surface area (Å²) in [7, 11) is 1.23. The van der Waals surface area contributed by atoms with Crippen LogP contribution in [0.4, 0.5) is 0 Å². The molecule has 0 unspecified atom stereocenters. The Morgan fingerprint density at radius 1 is 0.967 bits per heavy atom. The van der Waals surface area contributed by atoms with Gasteiger partial charge in [0.25, 0.3) is 5.91 Å². The van der Waals surface area contributed by atoms with Crippen LogP contribution in [0.2, 0.25) is 0 Å². The number of unbranched alkanes of at least 4 members (excludes halogenated alkanes) is 5. The van der Waals surface area contributed by atoms with Gasteiger partial charge in [-0.05, 0) is 18.6 Å². The third-order valence-electron chi connectivity index (χ3n) is 4.79. The number of hydrogen-bond acceptors (Lipinski definition) is 7. The van der Waals surface area contributed by atoms with Crippen molar-refractivity contribution in [1.82, 2.24) is 5.32 Å². The Hall–Kier alpha value is -2.00. The van der Waals surface area contributed by atoms with E-state index in [1.54, 1.807) is 30.3 Å². The van der Waals surface area contributed by atoms with E-state index in [-0.39, 0.29) is 0 Å². The van der Waals surface area contributed by atoms with Crippen molar-refractivity contribution in [3.63, 3.8) is 0 Å². The molecule has 1 rings (SSSR count). The van der Waals surface area contributed by atoms with Crippen molar-refractivity contribution < 1.29 is 34.4 Å². The largest absolute Gasteiger partial charge is 0.459 e. The second kappa shape index (κ2) is 14.9. The zero-order valence-corrected chi connectivity index (χ0v) is 17.8. The number of ether oxygens (including phenoxy) is 2. The number of methoxy groups -OCH3 is 1. The Morgan fingerprint density at radius 2 is 1.60 bits per heavy atom. The topological polar surface area (TPSA) is 125 Å². The molecule has 0 aromatic heterocycles. The SMILES string of the molecule is CCCCCCCCNC(=O)[C@H](OC)[C@@H](O)[C@H](O)[C@H](O)COC(=O)c1ccccc1. The fourth-order valence-electron chi connectivity index (χ4n) is 2.94. The number of aliphatic hydroxyl groups excluding tert-OH is 3. The summed E-state index contributed by atoms with van der Waals surface area (Å²) in [5, 5.41) is 33.1. The summed E-state index contributed by atoms with van der Waals surface area (Å²) in [6.45, 7) is 2.04. The van der Waals surface area contributed by atoms with E-state index in [0.717, 1.165) is 19.3 Å². The van der Waals surface area contributed by atoms with E-state index in [4.69, 9.17) is 9.47 Å². The third-order valence-corrected chi connectivity index (χ3v) is 4.79. The van der Waals surface area contributed by atoms with Gasteiger partial charge < -0.3 is 30.1 Å². The second-order valence-corrected chi connectivity index (χ2v) is 7.23. The monoisotopic (exact) mass is 425 g/mol. The van der Waals surface area contributed by atoms with Crippen molar-refractivity contribution in [2.75, 3.05) is 20.3 Å². The fourth-order valence-corrected chi connectivity index (χ4v) is 2.94. The van der Waals surface area contributed by atoms with Crippen molar-refractivity contribution in [2.45, 2.75) is 69.9 Å². The number of carbonyl (C=O) groups excluding carboxylic acids is 2. The molecule has 0 bridgehead atoms. The van der Waals surface area contributed by atoms with E-state index in [1.807, 2.05) is 0 Å². The van der Waals surface area contributed by atoms with E-state index in [0.29, 0.717) is 12.1 Å². The van der Waals surface area contributed by atoms with Crippen LogP contribution in [0.25, 0.3) is 0 Å². The first-order valence-corrected chi connectivity index (χ1v) is 10.5. The summed E-state index contributed by atoms with van der Waals surface area (Å²) in [6.07, 6.45) is 0.0706. The highest BCUT2D eigenvalue weighted by Gasteiger charge is 2.36. The lowest BCUT2D eigenvalue weighted by atomic mass is 10.0. The van der Waals surface area contributed by atoms with Crippen molar-refractivity contribution in [2.24, 2.45) is 0 Å². The molecule has 8 heteroatoms. The molecule has 4 N–H and O–H groups in total. The van der Waals surface area contributed by atoms with Gasteiger partial charge in [-0.2, -0.15) is 0 Å². The minimum Gasteiger partial charge on any atom is -0.459 e. The molecule has 0 fully saturated rings. The standard InChI is InChI=1S/C22H35NO7/c1-3-4-5-6-7-11-14-23-21(27)20(29-2)19(26)18(25)17(24)15-30-22(28)16-12-9-8-10-13-16/h8-10,12-13,17-20,24-26H,3-7,11,14-15H2,1-2H3,(H,23,27)/t17-,18-,19+,20-/m1/s1. The molecule has 0 heterocycles. The van der Waals surface area contributed by atoms with Gasteiger partial charge in [-0.25, -0.2) is 4.79 Å². The van der Waals surface area contributed by atoms with Crippen LogP contribution >= 0.6 is 0 Å². The Bertz CT molecular complexity index is 611. The third kappa shape index (κ3) is 9.21. The lowest BCUT2D eigenvalue weighted by Gasteiger charge is -2.27. The first kappa shape index (κ1) is 26.0. The Labute approximate surface area is 178 Å². The summed E-state index contributed by atoms with van der Waals surface area (Å²) < 4.78 is 9.96. The average molecular weight is 426 g/mol. The van der Waals surface area contributed by atoms with Gasteiger partial charge in [0.1, 0.15) is 24.9 Å². The van der Waals surface area contributed by atoms with E-state index >= 15 is 0 Å². The predicted molar refractivity (Wildman–Crippen MR) is 112 cm³/mol. The van der Waals surface area contributed by atoms with Gasteiger partial charge in [0.15, 0.2) is 6.10 Å². The quantitative estimate of drug-likeness (QED) is 0.247. The van der Waals surface area contributed by atoms with Gasteiger partial charge in [0.05, 0.1) is 5.56 Å². The van der Waals surface area contributed by atoms with Gasteiger partial charge in [0.2, 0.25) is 0 Å². The molecule has 1 aromatic carbocycles. The van der Waals surface area contributed by atoms with Crippen molar-refractivity contribution in [3.8, 4) is 0 Å². The van der Waals surface area contributed by atoms with E-state index in [9.17, 15) is 24.9 Å². The van der Waals surface area contributed by atoms with Crippen LogP contribution in [0, 0.1) is 0 Å². The van der Waals surface area contributed by atoms with Gasteiger partial charge >= 0.3 is 5.97 Å². The highest BCUT2D eigenvalue weighted by molar-refractivity contribution is 5.89. The minimum atomic E-state index is -1.74. The number of nitrogens with one attached hydrogen (secondary N) is 1. The molecule has 0 radical (unpaired) electrons. The second-order valence-electron chi connectivity index (χ2n) is 7.23. The van der Waals surface area contributed by atoms with Crippen LogP contribution in [-0.4, -0.2) is 71.9 Å². The molecular formula is C22H35NO7. The maximum absolute atomic E-state index is 12.3. The minimum absolute atomic E-state index is 0.295. The molecule has 0 aliphatic carbocycles. The Balaban J connectivity index is 2.41. The van der Waals surface area contributed by atoms with E-state index < -0.39 is 42.9 Å². The number of rotatable bonds is 15. The normalized spacial score (nSPS) is 15.1. The number of amides is 1. The molecule has 0 saturated heterocycles. The molecule has 1 amide bonds. The maximum Gasteiger partial charge on any atom is 0.338 e. The Kier molecular flexibility index (Phi) is 12.9. The molecule has 0 aliphatic heterocycles. The number of carbonyl (C=O) groups is 2. The number of esters is 1. The zero-order valence-electron chi connectivity index (χ0n) is 17.8. The zero-order chi connectivity index (χ0) is 22.4. The van der Waals surface area contributed by atoms with Gasteiger partial charge in [-0.3, -0.25) is 4.79 Å². The van der Waals surface area contributed by atoms with Crippen molar-refractivity contribution >= 4 is 11.9 Å². The molecule has 170 valence electrons. The summed E-state index contributed by atoms with van der Waals surface area (Å²) >= 11 is 0. The molecule has 0 aliphatic rings. The fraction of sp³-hybridized carbons (Fsp3) is 0.636. The van der Waals surface area contributed by atoms with Gasteiger partial charge in [-0.1, -0.05) is 57.2 Å². The van der Waals surface area contributed by atoms with E-state index in [1.165, 1.54) is 26.4 Å². The summed E-state index contributed by atoms with van der Waals surface area (Å²) in [4.78, 5) is 24.2. The molecule has 8 nitrogen and oxygen atoms in total. The molecule has 4 atom stereocenters. The molecule has 30 heavy (non-hydrogen) atoms. The molecule has 0 saturated carbocycles. The van der Waals surface area contributed by atoms with Gasteiger partial charge in [0, 0.05) is 13.7 Å². The lowest BCUT2D eigenvalue weighted by Crippen LogP contribution is -2.52. The Morgan fingerprint density at radius 3 is 2.23 bits per heavy atom. The first-order chi connectivity index (χ1) is 14.4. The summed E-state index contributed by atoms with van der Waals surface area (Å²) in [5.74, 6) is -1.25. The highest BCUT2D eigenvalue weighted by atomic mass is 16.5. The van der Waals surface area contributed by atoms with Crippen LogP contribution < -0.4 is 5.32 Å². The van der Waals surface area contributed by atoms with E-state index in [2.05, 4.69) is 12.2 Å². The maximum atomic E-state index is 12.3. The van der Waals surface area contributed by atoms with Crippen LogP contribution in [0.15, 0.2) is 30.3 Å². The van der Waals surface area contributed by atoms with Crippen molar-refractivity contribution in [1.29, 1.82) is 0 Å². The predicted octanol–water partition coefficient (Wildman–Crippen LogP) is 1.42. The summed E-state index contributed by atoms with van der Waals surface area (Å²) in [6, 6.07) is 8.18. The highest BCUT2D eigenvalue weighted by Crippen LogP contribution is 2.11. The van der Waals surface area contributed by atoms with Crippen LogP contribution in [-0.2, 0) is 14.3 Å². The number of aliphatic hydroxyl groups is 3. The summed E-state index contributed by atoms with van der Waals surface area (Å²) in [5.41, 5.74) is 0.295. The average Bonchev–Trinajstić information content (AvgIpc) is 2.77. The van der Waals surface area contributed by atoms with Crippen LogP contribution in [0.3, 0.4) is 0 Å². The number of benzene rings is 1. The van der Waals surface area contributed by atoms with Crippen LogP contribution in [0.1, 0.15) is 55.8 Å².